The van der Waals surface area contributed by atoms with Crippen LogP contribution in [0.1, 0.15) is 53.7 Å². The van der Waals surface area contributed by atoms with E-state index in [1.165, 1.54) is 5.56 Å². The molecule has 1 aliphatic heterocycles. The molecule has 1 heterocycles. The second-order valence-corrected chi connectivity index (χ2v) is 6.56. The van der Waals surface area contributed by atoms with Crippen molar-refractivity contribution in [3.63, 3.8) is 0 Å². The Morgan fingerprint density at radius 3 is 2.65 bits per heavy atom. The number of nitrogens with one attached hydrogen (secondary N) is 1. The summed E-state index contributed by atoms with van der Waals surface area (Å²) in [6, 6.07) is 13.2. The van der Waals surface area contributed by atoms with Gasteiger partial charge in [-0.05, 0) is 41.8 Å². The summed E-state index contributed by atoms with van der Waals surface area (Å²) in [6.45, 7) is 4.86. The Balaban J connectivity index is 1.77. The maximum Gasteiger partial charge on any atom is 0.251 e. The summed E-state index contributed by atoms with van der Waals surface area (Å²) in [5, 5.41) is 3.74. The van der Waals surface area contributed by atoms with Crippen LogP contribution in [0.2, 0.25) is 5.02 Å². The Bertz CT molecular complexity index is 710. The lowest BCUT2D eigenvalue weighted by atomic mass is 9.99. The molecule has 4 heteroatoms. The molecule has 0 aliphatic carbocycles. The van der Waals surface area contributed by atoms with Gasteiger partial charge in [0.05, 0.1) is 12.6 Å². The quantitative estimate of drug-likeness (QED) is 0.885. The smallest absolute Gasteiger partial charge is 0.251 e. The maximum atomic E-state index is 12.5. The lowest BCUT2D eigenvalue weighted by Gasteiger charge is -2.27. The number of hydrogen-bond donors (Lipinski definition) is 1. The first kappa shape index (κ1) is 15.9. The molecule has 0 saturated heterocycles. The predicted molar refractivity (Wildman–Crippen MR) is 92.3 cm³/mol. The Hall–Kier alpha value is -2.00. The number of halogens is 1. The minimum atomic E-state index is -0.0743. The molecule has 2 aromatic rings. The SMILES string of the molecule is CC(C)c1ccc(C(=O)NC2CCOc3ccc(Cl)cc32)cc1. The predicted octanol–water partition coefficient (Wildman–Crippen LogP) is 4.72. The van der Waals surface area contributed by atoms with Crippen LogP contribution in [0.15, 0.2) is 42.5 Å². The molecule has 1 atom stereocenters. The average molecular weight is 330 g/mol. The third-order valence-electron chi connectivity index (χ3n) is 4.16. The fraction of sp³-hybridized carbons (Fsp3) is 0.316. The number of carbonyl (C=O) groups is 1. The Morgan fingerprint density at radius 1 is 1.22 bits per heavy atom. The Kier molecular flexibility index (Phi) is 4.58. The van der Waals surface area contributed by atoms with Crippen molar-refractivity contribution < 1.29 is 9.53 Å². The zero-order valence-corrected chi connectivity index (χ0v) is 14.1. The van der Waals surface area contributed by atoms with Gasteiger partial charge in [-0.1, -0.05) is 37.6 Å². The molecule has 1 N–H and O–H groups in total. The van der Waals surface area contributed by atoms with Gasteiger partial charge in [0.2, 0.25) is 0 Å². The molecule has 1 amide bonds. The van der Waals surface area contributed by atoms with Crippen molar-refractivity contribution in [2.24, 2.45) is 0 Å². The molecule has 0 fully saturated rings. The highest BCUT2D eigenvalue weighted by Crippen LogP contribution is 2.34. The zero-order chi connectivity index (χ0) is 16.4. The molecule has 0 saturated carbocycles. The monoisotopic (exact) mass is 329 g/mol. The van der Waals surface area contributed by atoms with E-state index < -0.39 is 0 Å². The molecule has 1 aliphatic rings. The third-order valence-corrected chi connectivity index (χ3v) is 4.39. The van der Waals surface area contributed by atoms with Crippen molar-refractivity contribution in [2.45, 2.75) is 32.2 Å². The van der Waals surface area contributed by atoms with Gasteiger partial charge in [-0.2, -0.15) is 0 Å². The summed E-state index contributed by atoms with van der Waals surface area (Å²) < 4.78 is 5.63. The summed E-state index contributed by atoms with van der Waals surface area (Å²) in [5.41, 5.74) is 2.84. The minimum absolute atomic E-state index is 0.0712. The van der Waals surface area contributed by atoms with E-state index in [9.17, 15) is 4.79 Å². The summed E-state index contributed by atoms with van der Waals surface area (Å²) >= 11 is 6.07. The van der Waals surface area contributed by atoms with Crippen LogP contribution in [0.25, 0.3) is 0 Å². The topological polar surface area (TPSA) is 38.3 Å². The van der Waals surface area contributed by atoms with Crippen LogP contribution in [0, 0.1) is 0 Å². The summed E-state index contributed by atoms with van der Waals surface area (Å²) in [5.74, 6) is 1.18. The number of carbonyl (C=O) groups excluding carboxylic acids is 1. The highest BCUT2D eigenvalue weighted by atomic mass is 35.5. The van der Waals surface area contributed by atoms with Gasteiger partial charge in [0, 0.05) is 22.6 Å². The van der Waals surface area contributed by atoms with Gasteiger partial charge in [0.25, 0.3) is 5.91 Å². The van der Waals surface area contributed by atoms with E-state index in [1.54, 1.807) is 6.07 Å². The van der Waals surface area contributed by atoms with E-state index in [4.69, 9.17) is 16.3 Å². The lowest BCUT2D eigenvalue weighted by molar-refractivity contribution is 0.0925. The molecule has 2 aromatic carbocycles. The van der Waals surface area contributed by atoms with E-state index >= 15 is 0 Å². The van der Waals surface area contributed by atoms with Gasteiger partial charge >= 0.3 is 0 Å². The zero-order valence-electron chi connectivity index (χ0n) is 13.3. The van der Waals surface area contributed by atoms with Crippen molar-refractivity contribution >= 4 is 17.5 Å². The van der Waals surface area contributed by atoms with Gasteiger partial charge in [-0.15, -0.1) is 0 Å². The molecular weight excluding hydrogens is 310 g/mol. The second kappa shape index (κ2) is 6.63. The van der Waals surface area contributed by atoms with Crippen LogP contribution in [0.4, 0.5) is 0 Å². The van der Waals surface area contributed by atoms with Crippen molar-refractivity contribution in [2.75, 3.05) is 6.61 Å². The molecule has 0 radical (unpaired) electrons. The molecular formula is C19H20ClNO2. The molecule has 3 nitrogen and oxygen atoms in total. The normalized spacial score (nSPS) is 16.6. The first-order chi connectivity index (χ1) is 11.0. The van der Waals surface area contributed by atoms with Crippen LogP contribution in [-0.2, 0) is 0 Å². The van der Waals surface area contributed by atoms with Crippen LogP contribution < -0.4 is 10.1 Å². The maximum absolute atomic E-state index is 12.5. The number of amides is 1. The van der Waals surface area contributed by atoms with E-state index in [2.05, 4.69) is 19.2 Å². The first-order valence-corrected chi connectivity index (χ1v) is 8.25. The van der Waals surface area contributed by atoms with Gasteiger partial charge < -0.3 is 10.1 Å². The first-order valence-electron chi connectivity index (χ1n) is 7.87. The third kappa shape index (κ3) is 3.50. The van der Waals surface area contributed by atoms with Gasteiger partial charge in [-0.3, -0.25) is 4.79 Å². The Labute approximate surface area is 141 Å². The number of hydrogen-bond acceptors (Lipinski definition) is 2. The van der Waals surface area contributed by atoms with Crippen LogP contribution >= 0.6 is 11.6 Å². The van der Waals surface area contributed by atoms with E-state index in [0.717, 1.165) is 17.7 Å². The highest BCUT2D eigenvalue weighted by Gasteiger charge is 2.23. The average Bonchev–Trinajstić information content (AvgIpc) is 2.55. The summed E-state index contributed by atoms with van der Waals surface area (Å²) in [7, 11) is 0. The molecule has 0 spiro atoms. The number of benzene rings is 2. The van der Waals surface area contributed by atoms with Gasteiger partial charge in [-0.25, -0.2) is 0 Å². The van der Waals surface area contributed by atoms with E-state index in [-0.39, 0.29) is 11.9 Å². The molecule has 3 rings (SSSR count). The van der Waals surface area contributed by atoms with Crippen molar-refractivity contribution in [1.29, 1.82) is 0 Å². The number of rotatable bonds is 3. The van der Waals surface area contributed by atoms with Crippen LogP contribution in [0.5, 0.6) is 5.75 Å². The molecule has 120 valence electrons. The molecule has 1 unspecified atom stereocenters. The standard InChI is InChI=1S/C19H20ClNO2/c1-12(2)13-3-5-14(6-4-13)19(22)21-17-9-10-23-18-8-7-15(20)11-16(17)18/h3-8,11-12,17H,9-10H2,1-2H3,(H,21,22). The molecule has 0 aromatic heterocycles. The van der Waals surface area contributed by atoms with Crippen molar-refractivity contribution in [1.82, 2.24) is 5.32 Å². The van der Waals surface area contributed by atoms with E-state index in [1.807, 2.05) is 36.4 Å². The summed E-state index contributed by atoms with van der Waals surface area (Å²) in [6.07, 6.45) is 0.739. The Morgan fingerprint density at radius 2 is 1.96 bits per heavy atom. The number of ether oxygens (including phenoxy) is 1. The summed E-state index contributed by atoms with van der Waals surface area (Å²) in [4.78, 5) is 12.5. The van der Waals surface area contributed by atoms with Crippen molar-refractivity contribution in [3.05, 3.63) is 64.2 Å². The fourth-order valence-corrected chi connectivity index (χ4v) is 2.96. The second-order valence-electron chi connectivity index (χ2n) is 6.12. The van der Waals surface area contributed by atoms with Crippen LogP contribution in [-0.4, -0.2) is 12.5 Å². The van der Waals surface area contributed by atoms with Gasteiger partial charge in [0.1, 0.15) is 5.75 Å². The number of fused-ring (bicyclic) bond motifs is 1. The van der Waals surface area contributed by atoms with Crippen molar-refractivity contribution in [3.8, 4) is 5.75 Å². The fourth-order valence-electron chi connectivity index (χ4n) is 2.78. The van der Waals surface area contributed by atoms with E-state index in [0.29, 0.717) is 23.1 Å². The molecule has 23 heavy (non-hydrogen) atoms. The lowest BCUT2D eigenvalue weighted by Crippen LogP contribution is -2.32. The molecule has 0 bridgehead atoms. The van der Waals surface area contributed by atoms with Crippen LogP contribution in [0.3, 0.4) is 0 Å². The van der Waals surface area contributed by atoms with Gasteiger partial charge in [0.15, 0.2) is 0 Å². The minimum Gasteiger partial charge on any atom is -0.493 e. The highest BCUT2D eigenvalue weighted by molar-refractivity contribution is 6.30. The largest absolute Gasteiger partial charge is 0.493 e.